The van der Waals surface area contributed by atoms with Gasteiger partial charge in [-0.2, -0.15) is 0 Å². The second-order valence-corrected chi connectivity index (χ2v) is 3.95. The zero-order chi connectivity index (χ0) is 12.0. The molecule has 1 aromatic carbocycles. The van der Waals surface area contributed by atoms with Crippen LogP contribution >= 0.6 is 15.9 Å². The van der Waals surface area contributed by atoms with Gasteiger partial charge in [0.2, 0.25) is 0 Å². The van der Waals surface area contributed by atoms with Gasteiger partial charge in [0.15, 0.2) is 6.29 Å². The first-order chi connectivity index (χ1) is 7.63. The fourth-order valence-electron chi connectivity index (χ4n) is 1.07. The molecule has 0 atom stereocenters. The average Bonchev–Trinajstić information content (AvgIpc) is 2.29. The summed E-state index contributed by atoms with van der Waals surface area (Å²) in [5.74, 6) is -0.942. The number of hydrogen-bond acceptors (Lipinski definition) is 3. The molecule has 1 aromatic rings. The molecule has 0 spiro atoms. The number of carbonyl (C=O) groups excluding carboxylic acids is 1. The van der Waals surface area contributed by atoms with Gasteiger partial charge in [0.25, 0.3) is 0 Å². The van der Waals surface area contributed by atoms with Gasteiger partial charge < -0.3 is 10.4 Å². The van der Waals surface area contributed by atoms with Gasteiger partial charge in [-0.25, -0.2) is 4.79 Å². The normalized spacial score (nSPS) is 10.9. The summed E-state index contributed by atoms with van der Waals surface area (Å²) in [5, 5.41) is 11.6. The molecule has 84 valence electrons. The summed E-state index contributed by atoms with van der Waals surface area (Å²) in [4.78, 5) is 20.8. The number of aromatic carboxylic acids is 1. The highest BCUT2D eigenvalue weighted by molar-refractivity contribution is 9.12. The van der Waals surface area contributed by atoms with E-state index in [9.17, 15) is 9.59 Å². The molecule has 0 unspecified atom stereocenters. The van der Waals surface area contributed by atoms with Gasteiger partial charge in [0.1, 0.15) is 0 Å². The smallest absolute Gasteiger partial charge is 0.335 e. The predicted octanol–water partition coefficient (Wildman–Crippen LogP) is 1.91. The third kappa shape index (κ3) is 3.86. The van der Waals surface area contributed by atoms with Crippen molar-refractivity contribution in [2.45, 2.75) is 6.54 Å². The number of halogens is 1. The predicted molar refractivity (Wildman–Crippen MR) is 63.3 cm³/mol. The molecule has 0 fully saturated rings. The Morgan fingerprint density at radius 2 is 2.00 bits per heavy atom. The minimum absolute atomic E-state index is 0.258. The van der Waals surface area contributed by atoms with Crippen molar-refractivity contribution in [1.29, 1.82) is 0 Å². The largest absolute Gasteiger partial charge is 0.478 e. The van der Waals surface area contributed by atoms with Crippen LogP contribution in [-0.4, -0.2) is 17.4 Å². The van der Waals surface area contributed by atoms with E-state index >= 15 is 0 Å². The monoisotopic (exact) mass is 283 g/mol. The number of aldehydes is 1. The maximum Gasteiger partial charge on any atom is 0.335 e. The molecule has 0 heterocycles. The Balaban J connectivity index is 2.56. The zero-order valence-corrected chi connectivity index (χ0v) is 9.90. The molecule has 0 aliphatic heterocycles. The maximum atomic E-state index is 10.6. The summed E-state index contributed by atoms with van der Waals surface area (Å²) >= 11 is 3.03. The molecule has 16 heavy (non-hydrogen) atoms. The second kappa shape index (κ2) is 6.07. The maximum absolute atomic E-state index is 10.6. The SMILES string of the molecule is O=C/C(Br)=C\NCc1ccc(C(=O)O)cc1. The molecule has 0 aliphatic carbocycles. The van der Waals surface area contributed by atoms with E-state index in [2.05, 4.69) is 21.2 Å². The van der Waals surface area contributed by atoms with Gasteiger partial charge >= 0.3 is 5.97 Å². The minimum atomic E-state index is -0.942. The van der Waals surface area contributed by atoms with Crippen molar-refractivity contribution < 1.29 is 14.7 Å². The quantitative estimate of drug-likeness (QED) is 0.640. The summed E-state index contributed by atoms with van der Waals surface area (Å²) in [6.45, 7) is 0.531. The lowest BCUT2D eigenvalue weighted by molar-refractivity contribution is -0.104. The third-order valence-corrected chi connectivity index (χ3v) is 2.28. The summed E-state index contributed by atoms with van der Waals surface area (Å²) in [7, 11) is 0. The van der Waals surface area contributed by atoms with Gasteiger partial charge in [-0.3, -0.25) is 4.79 Å². The van der Waals surface area contributed by atoms with E-state index in [4.69, 9.17) is 5.11 Å². The fourth-order valence-corrected chi connectivity index (χ4v) is 1.23. The highest BCUT2D eigenvalue weighted by atomic mass is 79.9. The Morgan fingerprint density at radius 3 is 2.50 bits per heavy atom. The van der Waals surface area contributed by atoms with Crippen LogP contribution in [0.2, 0.25) is 0 Å². The molecular weight excluding hydrogens is 274 g/mol. The van der Waals surface area contributed by atoms with Crippen LogP contribution in [0.4, 0.5) is 0 Å². The number of allylic oxidation sites excluding steroid dienone is 1. The Hall–Kier alpha value is -1.62. The zero-order valence-electron chi connectivity index (χ0n) is 8.31. The molecule has 0 aromatic heterocycles. The van der Waals surface area contributed by atoms with Gasteiger partial charge in [-0.1, -0.05) is 12.1 Å². The third-order valence-electron chi connectivity index (χ3n) is 1.86. The van der Waals surface area contributed by atoms with Crippen molar-refractivity contribution in [3.63, 3.8) is 0 Å². The second-order valence-electron chi connectivity index (χ2n) is 3.03. The van der Waals surface area contributed by atoms with Crippen LogP contribution in [0.1, 0.15) is 15.9 Å². The highest BCUT2D eigenvalue weighted by Gasteiger charge is 2.00. The molecule has 1 rings (SSSR count). The van der Waals surface area contributed by atoms with Gasteiger partial charge in [-0.05, 0) is 33.6 Å². The van der Waals surface area contributed by atoms with E-state index in [0.717, 1.165) is 5.56 Å². The lowest BCUT2D eigenvalue weighted by Gasteiger charge is -2.02. The first kappa shape index (κ1) is 12.4. The molecule has 0 saturated heterocycles. The molecule has 0 radical (unpaired) electrons. The molecule has 0 aliphatic rings. The standard InChI is InChI=1S/C11H10BrNO3/c12-10(7-14)6-13-5-8-1-3-9(4-2-8)11(15)16/h1-4,6-7,13H,5H2,(H,15,16)/b10-6+. The molecule has 0 saturated carbocycles. The lowest BCUT2D eigenvalue weighted by Crippen LogP contribution is -2.05. The summed E-state index contributed by atoms with van der Waals surface area (Å²) < 4.78 is 0.426. The van der Waals surface area contributed by atoms with Crippen molar-refractivity contribution in [3.05, 3.63) is 46.1 Å². The van der Waals surface area contributed by atoms with Crippen LogP contribution in [-0.2, 0) is 11.3 Å². The van der Waals surface area contributed by atoms with Gasteiger partial charge in [-0.15, -0.1) is 0 Å². The van der Waals surface area contributed by atoms with Crippen LogP contribution < -0.4 is 5.32 Å². The van der Waals surface area contributed by atoms with Crippen molar-refractivity contribution in [2.24, 2.45) is 0 Å². The van der Waals surface area contributed by atoms with Gasteiger partial charge in [0.05, 0.1) is 10.0 Å². The fraction of sp³-hybridized carbons (Fsp3) is 0.0909. The molecule has 2 N–H and O–H groups in total. The van der Waals surface area contributed by atoms with E-state index in [-0.39, 0.29) is 5.56 Å². The molecular formula is C11H10BrNO3. The molecule has 4 nitrogen and oxygen atoms in total. The first-order valence-corrected chi connectivity index (χ1v) is 5.29. The topological polar surface area (TPSA) is 66.4 Å². The highest BCUT2D eigenvalue weighted by Crippen LogP contribution is 2.04. The van der Waals surface area contributed by atoms with Crippen molar-refractivity contribution >= 4 is 28.2 Å². The van der Waals surface area contributed by atoms with Crippen molar-refractivity contribution in [1.82, 2.24) is 5.32 Å². The number of rotatable bonds is 5. The van der Waals surface area contributed by atoms with E-state index in [1.54, 1.807) is 12.1 Å². The Morgan fingerprint density at radius 1 is 1.38 bits per heavy atom. The van der Waals surface area contributed by atoms with Crippen LogP contribution in [0.5, 0.6) is 0 Å². The number of carbonyl (C=O) groups is 2. The number of nitrogens with one attached hydrogen (secondary N) is 1. The summed E-state index contributed by atoms with van der Waals surface area (Å²) in [6, 6.07) is 6.52. The lowest BCUT2D eigenvalue weighted by atomic mass is 10.1. The Kier molecular flexibility index (Phi) is 4.72. The number of carboxylic acid groups (broad SMARTS) is 1. The molecule has 0 amide bonds. The Bertz CT molecular complexity index is 412. The molecule has 0 bridgehead atoms. The first-order valence-electron chi connectivity index (χ1n) is 4.50. The summed E-state index contributed by atoms with van der Waals surface area (Å²) in [6.07, 6.45) is 2.22. The number of carboxylic acids is 1. The van der Waals surface area contributed by atoms with Crippen LogP contribution in [0.25, 0.3) is 0 Å². The average molecular weight is 284 g/mol. The van der Waals surface area contributed by atoms with E-state index in [0.29, 0.717) is 17.3 Å². The van der Waals surface area contributed by atoms with E-state index < -0.39 is 5.97 Å². The van der Waals surface area contributed by atoms with E-state index in [1.807, 2.05) is 0 Å². The van der Waals surface area contributed by atoms with Crippen LogP contribution in [0.15, 0.2) is 34.9 Å². The van der Waals surface area contributed by atoms with Crippen LogP contribution in [0, 0.1) is 0 Å². The van der Waals surface area contributed by atoms with E-state index in [1.165, 1.54) is 18.3 Å². The summed E-state index contributed by atoms with van der Waals surface area (Å²) in [5.41, 5.74) is 1.20. The Labute approximate surface area is 101 Å². The molecule has 5 heteroatoms. The van der Waals surface area contributed by atoms with Crippen molar-refractivity contribution in [2.75, 3.05) is 0 Å². The van der Waals surface area contributed by atoms with Gasteiger partial charge in [0, 0.05) is 12.7 Å². The number of hydrogen-bond donors (Lipinski definition) is 2. The minimum Gasteiger partial charge on any atom is -0.478 e. The van der Waals surface area contributed by atoms with Crippen LogP contribution in [0.3, 0.4) is 0 Å². The number of benzene rings is 1. The van der Waals surface area contributed by atoms with Crippen molar-refractivity contribution in [3.8, 4) is 0 Å².